The smallest absolute Gasteiger partial charge is 0.338 e. The summed E-state index contributed by atoms with van der Waals surface area (Å²) in [5, 5.41) is 3.36. The maximum atomic E-state index is 14.8. The van der Waals surface area contributed by atoms with Crippen molar-refractivity contribution in [3.8, 4) is 0 Å². The highest BCUT2D eigenvalue weighted by atomic mass is 35.5. The van der Waals surface area contributed by atoms with Gasteiger partial charge in [0.2, 0.25) is 0 Å². The zero-order valence-electron chi connectivity index (χ0n) is 21.7. The molecule has 202 valence electrons. The Morgan fingerprint density at radius 1 is 1.11 bits per heavy atom. The van der Waals surface area contributed by atoms with Gasteiger partial charge in [-0.3, -0.25) is 14.6 Å². The third kappa shape index (κ3) is 5.68. The first-order chi connectivity index (χ1) is 18.2. The van der Waals surface area contributed by atoms with Crippen LogP contribution >= 0.6 is 11.6 Å². The van der Waals surface area contributed by atoms with Crippen LogP contribution in [0.4, 0.5) is 9.18 Å². The SMILES string of the molecule is CCOC(=O)C1=C(CN2CCN(C(=O)c3ccc(Cl)cc3)[C@@H](C)C2)N(CC)C(=O)N[C@@H]1c1ccccc1F. The summed E-state index contributed by atoms with van der Waals surface area (Å²) in [5.74, 6) is -1.20. The third-order valence-electron chi connectivity index (χ3n) is 6.90. The number of piperazine rings is 1. The van der Waals surface area contributed by atoms with Crippen molar-refractivity contribution in [2.24, 2.45) is 0 Å². The van der Waals surface area contributed by atoms with Crippen molar-refractivity contribution in [3.05, 3.63) is 81.8 Å². The molecule has 8 nitrogen and oxygen atoms in total. The molecular weight excluding hydrogens is 511 g/mol. The Morgan fingerprint density at radius 2 is 1.82 bits per heavy atom. The van der Waals surface area contributed by atoms with E-state index in [2.05, 4.69) is 10.2 Å². The Balaban J connectivity index is 1.63. The average Bonchev–Trinajstić information content (AvgIpc) is 2.89. The van der Waals surface area contributed by atoms with Gasteiger partial charge in [-0.2, -0.15) is 0 Å². The van der Waals surface area contributed by atoms with Crippen LogP contribution in [-0.2, 0) is 9.53 Å². The number of nitrogens with zero attached hydrogens (tertiary/aromatic N) is 3. The van der Waals surface area contributed by atoms with Gasteiger partial charge >= 0.3 is 12.0 Å². The summed E-state index contributed by atoms with van der Waals surface area (Å²) in [6.45, 7) is 7.75. The predicted molar refractivity (Wildman–Crippen MR) is 142 cm³/mol. The van der Waals surface area contributed by atoms with Crippen LogP contribution < -0.4 is 5.32 Å². The summed E-state index contributed by atoms with van der Waals surface area (Å²) in [4.78, 5) is 44.9. The quantitative estimate of drug-likeness (QED) is 0.530. The van der Waals surface area contributed by atoms with Crippen LogP contribution in [0.2, 0.25) is 5.02 Å². The molecular formula is C28H32ClFN4O4. The maximum Gasteiger partial charge on any atom is 0.338 e. The zero-order valence-corrected chi connectivity index (χ0v) is 22.5. The monoisotopic (exact) mass is 542 g/mol. The first-order valence-electron chi connectivity index (χ1n) is 12.8. The van der Waals surface area contributed by atoms with Gasteiger partial charge in [0, 0.05) is 60.6 Å². The summed E-state index contributed by atoms with van der Waals surface area (Å²) in [7, 11) is 0. The van der Waals surface area contributed by atoms with Gasteiger partial charge in [-0.05, 0) is 51.1 Å². The molecule has 1 N–H and O–H groups in total. The molecule has 2 atom stereocenters. The van der Waals surface area contributed by atoms with E-state index in [-0.39, 0.29) is 36.2 Å². The number of carbonyl (C=O) groups excluding carboxylic acids is 3. The first-order valence-corrected chi connectivity index (χ1v) is 13.1. The van der Waals surface area contributed by atoms with E-state index in [1.165, 1.54) is 11.0 Å². The minimum atomic E-state index is -0.981. The largest absolute Gasteiger partial charge is 0.463 e. The van der Waals surface area contributed by atoms with Crippen molar-refractivity contribution in [2.75, 3.05) is 39.3 Å². The Bertz CT molecular complexity index is 1240. The number of carbonyl (C=O) groups is 3. The van der Waals surface area contributed by atoms with Gasteiger partial charge in [0.1, 0.15) is 5.82 Å². The van der Waals surface area contributed by atoms with Crippen LogP contribution in [0.15, 0.2) is 59.8 Å². The van der Waals surface area contributed by atoms with Gasteiger partial charge < -0.3 is 15.0 Å². The van der Waals surface area contributed by atoms with E-state index in [0.717, 1.165) is 0 Å². The first kappa shape index (κ1) is 27.6. The lowest BCUT2D eigenvalue weighted by Gasteiger charge is -2.43. The fraction of sp³-hybridized carbons (Fsp3) is 0.393. The van der Waals surface area contributed by atoms with E-state index in [1.807, 2.05) is 18.7 Å². The molecule has 1 saturated heterocycles. The van der Waals surface area contributed by atoms with Crippen molar-refractivity contribution in [3.63, 3.8) is 0 Å². The number of rotatable bonds is 7. The fourth-order valence-electron chi connectivity index (χ4n) is 5.05. The molecule has 0 spiro atoms. The Labute approximate surface area is 227 Å². The van der Waals surface area contributed by atoms with Gasteiger partial charge in [0.05, 0.1) is 18.2 Å². The maximum absolute atomic E-state index is 14.8. The Kier molecular flexibility index (Phi) is 8.69. The fourth-order valence-corrected chi connectivity index (χ4v) is 5.17. The topological polar surface area (TPSA) is 82.2 Å². The number of hydrogen-bond acceptors (Lipinski definition) is 5. The molecule has 0 aromatic heterocycles. The summed E-state index contributed by atoms with van der Waals surface area (Å²) in [6.07, 6.45) is 0. The second-order valence-electron chi connectivity index (χ2n) is 9.32. The van der Waals surface area contributed by atoms with Crippen molar-refractivity contribution in [2.45, 2.75) is 32.9 Å². The number of urea groups is 1. The van der Waals surface area contributed by atoms with Gasteiger partial charge in [-0.1, -0.05) is 29.8 Å². The summed E-state index contributed by atoms with van der Waals surface area (Å²) >= 11 is 5.97. The van der Waals surface area contributed by atoms with Gasteiger partial charge in [0.25, 0.3) is 5.91 Å². The molecule has 38 heavy (non-hydrogen) atoms. The summed E-state index contributed by atoms with van der Waals surface area (Å²) in [5.41, 5.74) is 1.46. The number of ether oxygens (including phenoxy) is 1. The van der Waals surface area contributed by atoms with Gasteiger partial charge in [-0.25, -0.2) is 14.0 Å². The molecule has 0 saturated carbocycles. The highest BCUT2D eigenvalue weighted by molar-refractivity contribution is 6.30. The lowest BCUT2D eigenvalue weighted by Crippen LogP contribution is -2.56. The van der Waals surface area contributed by atoms with Crippen molar-refractivity contribution < 1.29 is 23.5 Å². The molecule has 4 rings (SSSR count). The summed E-state index contributed by atoms with van der Waals surface area (Å²) in [6, 6.07) is 11.4. The Hall–Kier alpha value is -3.43. The van der Waals surface area contributed by atoms with Crippen LogP contribution in [0.25, 0.3) is 0 Å². The van der Waals surface area contributed by atoms with E-state index in [4.69, 9.17) is 16.3 Å². The van der Waals surface area contributed by atoms with Gasteiger partial charge in [0.15, 0.2) is 0 Å². The van der Waals surface area contributed by atoms with Crippen LogP contribution in [0.5, 0.6) is 0 Å². The van der Waals surface area contributed by atoms with Gasteiger partial charge in [-0.15, -0.1) is 0 Å². The molecule has 0 unspecified atom stereocenters. The number of benzene rings is 2. The molecule has 10 heteroatoms. The molecule has 0 bridgehead atoms. The lowest BCUT2D eigenvalue weighted by atomic mass is 9.93. The van der Waals surface area contributed by atoms with E-state index in [0.29, 0.717) is 42.5 Å². The normalized spacial score (nSPS) is 20.4. The molecule has 3 amide bonds. The number of halogens is 2. The number of esters is 1. The van der Waals surface area contributed by atoms with E-state index < -0.39 is 23.9 Å². The second-order valence-corrected chi connectivity index (χ2v) is 9.76. The third-order valence-corrected chi connectivity index (χ3v) is 7.16. The predicted octanol–water partition coefficient (Wildman–Crippen LogP) is 4.23. The second kappa shape index (κ2) is 12.0. The number of hydrogen-bond donors (Lipinski definition) is 1. The highest BCUT2D eigenvalue weighted by Gasteiger charge is 2.40. The molecule has 2 heterocycles. The Morgan fingerprint density at radius 3 is 2.45 bits per heavy atom. The summed E-state index contributed by atoms with van der Waals surface area (Å²) < 4.78 is 20.2. The lowest BCUT2D eigenvalue weighted by molar-refractivity contribution is -0.139. The zero-order chi connectivity index (χ0) is 27.4. The van der Waals surface area contributed by atoms with E-state index in [9.17, 15) is 18.8 Å². The molecule has 2 aromatic carbocycles. The minimum absolute atomic E-state index is 0.0768. The minimum Gasteiger partial charge on any atom is -0.463 e. The number of likely N-dealkylation sites (N-methyl/N-ethyl adjacent to an activating group) is 1. The van der Waals surface area contributed by atoms with E-state index >= 15 is 0 Å². The van der Waals surface area contributed by atoms with Crippen molar-refractivity contribution in [1.29, 1.82) is 0 Å². The molecule has 2 aliphatic rings. The molecule has 0 aliphatic carbocycles. The molecule has 0 radical (unpaired) electrons. The van der Waals surface area contributed by atoms with Crippen LogP contribution in [0, 0.1) is 5.82 Å². The van der Waals surface area contributed by atoms with Crippen molar-refractivity contribution in [1.82, 2.24) is 20.0 Å². The van der Waals surface area contributed by atoms with E-state index in [1.54, 1.807) is 49.4 Å². The molecule has 2 aromatic rings. The standard InChI is InChI=1S/C28H32ClFN4O4/c1-4-33-23(17-32-14-15-34(18(3)16-32)26(35)19-10-12-20(29)13-11-19)24(27(36)38-5-2)25(31-28(33)37)21-8-6-7-9-22(21)30/h6-13,18,25H,4-5,14-17H2,1-3H3,(H,31,37)/t18-,25+/m0/s1. The molecule has 1 fully saturated rings. The van der Waals surface area contributed by atoms with Crippen LogP contribution in [0.3, 0.4) is 0 Å². The number of nitrogens with one attached hydrogen (secondary N) is 1. The highest BCUT2D eigenvalue weighted by Crippen LogP contribution is 2.33. The number of amides is 3. The van der Waals surface area contributed by atoms with Crippen molar-refractivity contribution >= 4 is 29.5 Å². The van der Waals surface area contributed by atoms with Crippen LogP contribution in [-0.4, -0.2) is 78.0 Å². The van der Waals surface area contributed by atoms with Crippen LogP contribution in [0.1, 0.15) is 42.7 Å². The molecule has 2 aliphatic heterocycles. The average molecular weight is 543 g/mol.